The van der Waals surface area contributed by atoms with Crippen LogP contribution >= 0.6 is 0 Å². The Morgan fingerprint density at radius 3 is 1.50 bits per heavy atom. The maximum Gasteiger partial charge on any atom is 0.354 e. The number of hydrogen-bond donors (Lipinski definition) is 0. The normalized spacial score (nSPS) is 10.1. The van der Waals surface area contributed by atoms with Gasteiger partial charge in [0, 0.05) is 7.05 Å². The summed E-state index contributed by atoms with van der Waals surface area (Å²) in [6.07, 6.45) is 0. The average molecular weight is 225 g/mol. The van der Waals surface area contributed by atoms with E-state index >= 15 is 0 Å². The highest BCUT2D eigenvalue weighted by atomic mass is 16.5. The largest absolute Gasteiger partial charge is 0.464 e. The molecule has 1 aromatic heterocycles. The molecule has 1 aromatic rings. The van der Waals surface area contributed by atoms with E-state index in [4.69, 9.17) is 0 Å². The van der Waals surface area contributed by atoms with Crippen molar-refractivity contribution >= 4 is 11.9 Å². The molecule has 0 radical (unpaired) electrons. The second-order valence-corrected chi connectivity index (χ2v) is 3.49. The maximum atomic E-state index is 11.5. The molecule has 88 valence electrons. The van der Waals surface area contributed by atoms with E-state index in [2.05, 4.69) is 9.47 Å². The lowest BCUT2D eigenvalue weighted by Gasteiger charge is -2.05. The van der Waals surface area contributed by atoms with Gasteiger partial charge in [0.05, 0.1) is 14.2 Å². The highest BCUT2D eigenvalue weighted by molar-refractivity contribution is 5.96. The first-order chi connectivity index (χ1) is 7.45. The molecular weight excluding hydrogens is 210 g/mol. The SMILES string of the molecule is COC(=O)c1c(C)c(C)c(C(=O)OC)n1C. The van der Waals surface area contributed by atoms with Gasteiger partial charge in [-0.1, -0.05) is 0 Å². The minimum absolute atomic E-state index is 0.375. The van der Waals surface area contributed by atoms with Crippen molar-refractivity contribution in [2.75, 3.05) is 14.2 Å². The molecule has 0 atom stereocenters. The van der Waals surface area contributed by atoms with Gasteiger partial charge in [0.15, 0.2) is 0 Å². The number of esters is 2. The van der Waals surface area contributed by atoms with E-state index in [9.17, 15) is 9.59 Å². The molecule has 0 unspecified atom stereocenters. The number of rotatable bonds is 2. The molecule has 0 fully saturated rings. The quantitative estimate of drug-likeness (QED) is 0.710. The van der Waals surface area contributed by atoms with Crippen LogP contribution in [0.3, 0.4) is 0 Å². The van der Waals surface area contributed by atoms with Gasteiger partial charge in [-0.3, -0.25) is 0 Å². The summed E-state index contributed by atoms with van der Waals surface area (Å²) in [6, 6.07) is 0. The van der Waals surface area contributed by atoms with Crippen molar-refractivity contribution in [3.8, 4) is 0 Å². The van der Waals surface area contributed by atoms with Crippen LogP contribution < -0.4 is 0 Å². The number of aromatic nitrogens is 1. The molecule has 0 saturated heterocycles. The molecule has 16 heavy (non-hydrogen) atoms. The van der Waals surface area contributed by atoms with Gasteiger partial charge < -0.3 is 14.0 Å². The molecule has 0 aliphatic carbocycles. The molecule has 0 aliphatic rings. The number of carbonyl (C=O) groups is 2. The number of hydrogen-bond acceptors (Lipinski definition) is 4. The summed E-state index contributed by atoms with van der Waals surface area (Å²) in [6.45, 7) is 3.54. The van der Waals surface area contributed by atoms with E-state index < -0.39 is 11.9 Å². The topological polar surface area (TPSA) is 57.5 Å². The molecule has 5 heteroatoms. The maximum absolute atomic E-state index is 11.5. The van der Waals surface area contributed by atoms with E-state index in [0.717, 1.165) is 11.1 Å². The van der Waals surface area contributed by atoms with Crippen LogP contribution in [0.5, 0.6) is 0 Å². The van der Waals surface area contributed by atoms with Gasteiger partial charge >= 0.3 is 11.9 Å². The molecule has 0 spiro atoms. The summed E-state index contributed by atoms with van der Waals surface area (Å²) >= 11 is 0. The highest BCUT2D eigenvalue weighted by Crippen LogP contribution is 2.21. The van der Waals surface area contributed by atoms with E-state index in [-0.39, 0.29) is 0 Å². The molecule has 1 rings (SSSR count). The van der Waals surface area contributed by atoms with Gasteiger partial charge in [0.25, 0.3) is 0 Å². The van der Waals surface area contributed by atoms with Crippen LogP contribution in [0.4, 0.5) is 0 Å². The van der Waals surface area contributed by atoms with E-state index in [1.54, 1.807) is 20.9 Å². The zero-order valence-electron chi connectivity index (χ0n) is 10.1. The molecule has 0 N–H and O–H groups in total. The van der Waals surface area contributed by atoms with Gasteiger partial charge in [-0.25, -0.2) is 9.59 Å². The van der Waals surface area contributed by atoms with Crippen molar-refractivity contribution in [3.05, 3.63) is 22.5 Å². The first-order valence-corrected chi connectivity index (χ1v) is 4.78. The highest BCUT2D eigenvalue weighted by Gasteiger charge is 2.25. The van der Waals surface area contributed by atoms with Crippen molar-refractivity contribution in [1.29, 1.82) is 0 Å². The molecule has 5 nitrogen and oxygen atoms in total. The summed E-state index contributed by atoms with van der Waals surface area (Å²) in [5, 5.41) is 0. The van der Waals surface area contributed by atoms with E-state index in [1.165, 1.54) is 18.8 Å². The van der Waals surface area contributed by atoms with Gasteiger partial charge in [0.1, 0.15) is 11.4 Å². The van der Waals surface area contributed by atoms with Crippen LogP contribution in [0, 0.1) is 13.8 Å². The molecular formula is C11H15NO4. The second kappa shape index (κ2) is 4.38. The Hall–Kier alpha value is -1.78. The van der Waals surface area contributed by atoms with Gasteiger partial charge in [0.2, 0.25) is 0 Å². The average Bonchev–Trinajstić information content (AvgIpc) is 2.49. The Bertz CT molecular complexity index is 406. The third-order valence-corrected chi connectivity index (χ3v) is 2.70. The Balaban J connectivity index is 3.45. The zero-order chi connectivity index (χ0) is 12.5. The standard InChI is InChI=1S/C11H15NO4/c1-6-7(2)9(11(14)16-5)12(3)8(6)10(13)15-4/h1-5H3. The van der Waals surface area contributed by atoms with Crippen molar-refractivity contribution < 1.29 is 19.1 Å². The van der Waals surface area contributed by atoms with Crippen LogP contribution in [0.1, 0.15) is 32.1 Å². The lowest BCUT2D eigenvalue weighted by molar-refractivity contribution is 0.0580. The Labute approximate surface area is 94.0 Å². The van der Waals surface area contributed by atoms with Crippen LogP contribution in [0.25, 0.3) is 0 Å². The molecule has 0 amide bonds. The third kappa shape index (κ3) is 1.68. The van der Waals surface area contributed by atoms with Gasteiger partial charge in [-0.15, -0.1) is 0 Å². The smallest absolute Gasteiger partial charge is 0.354 e. The predicted molar refractivity (Wildman–Crippen MR) is 57.6 cm³/mol. The first-order valence-electron chi connectivity index (χ1n) is 4.78. The van der Waals surface area contributed by atoms with Crippen LogP contribution in [0.2, 0.25) is 0 Å². The summed E-state index contributed by atoms with van der Waals surface area (Å²) in [5.74, 6) is -0.920. The monoisotopic (exact) mass is 225 g/mol. The van der Waals surface area contributed by atoms with Crippen molar-refractivity contribution in [3.63, 3.8) is 0 Å². The Morgan fingerprint density at radius 2 is 1.25 bits per heavy atom. The minimum Gasteiger partial charge on any atom is -0.464 e. The van der Waals surface area contributed by atoms with Gasteiger partial charge in [-0.2, -0.15) is 0 Å². The Morgan fingerprint density at radius 1 is 0.938 bits per heavy atom. The van der Waals surface area contributed by atoms with Crippen molar-refractivity contribution in [2.24, 2.45) is 7.05 Å². The summed E-state index contributed by atoms with van der Waals surface area (Å²) < 4.78 is 10.8. The van der Waals surface area contributed by atoms with Crippen LogP contribution in [0.15, 0.2) is 0 Å². The molecule has 1 heterocycles. The fourth-order valence-electron chi connectivity index (χ4n) is 1.74. The third-order valence-electron chi connectivity index (χ3n) is 2.70. The van der Waals surface area contributed by atoms with Crippen molar-refractivity contribution in [2.45, 2.75) is 13.8 Å². The van der Waals surface area contributed by atoms with E-state index in [1.807, 2.05) is 0 Å². The van der Waals surface area contributed by atoms with Crippen molar-refractivity contribution in [1.82, 2.24) is 4.57 Å². The Kier molecular flexibility index (Phi) is 3.37. The first kappa shape index (κ1) is 12.3. The van der Waals surface area contributed by atoms with E-state index in [0.29, 0.717) is 11.4 Å². The van der Waals surface area contributed by atoms with Gasteiger partial charge in [-0.05, 0) is 25.0 Å². The predicted octanol–water partition coefficient (Wildman–Crippen LogP) is 1.22. The zero-order valence-corrected chi connectivity index (χ0v) is 10.1. The lowest BCUT2D eigenvalue weighted by Crippen LogP contribution is -2.14. The molecule has 0 bridgehead atoms. The summed E-state index contributed by atoms with van der Waals surface area (Å²) in [5.41, 5.74) is 2.21. The van der Waals surface area contributed by atoms with Crippen LogP contribution in [-0.2, 0) is 16.5 Å². The molecule has 0 aromatic carbocycles. The molecule has 0 aliphatic heterocycles. The fraction of sp³-hybridized carbons (Fsp3) is 0.455. The minimum atomic E-state index is -0.460. The number of nitrogens with zero attached hydrogens (tertiary/aromatic N) is 1. The second-order valence-electron chi connectivity index (χ2n) is 3.49. The van der Waals surface area contributed by atoms with Crippen LogP contribution in [-0.4, -0.2) is 30.7 Å². The summed E-state index contributed by atoms with van der Waals surface area (Å²) in [4.78, 5) is 23.1. The number of carbonyl (C=O) groups excluding carboxylic acids is 2. The molecule has 0 saturated carbocycles. The number of ether oxygens (including phenoxy) is 2. The fourth-order valence-corrected chi connectivity index (χ4v) is 1.74. The number of methoxy groups -OCH3 is 2. The lowest BCUT2D eigenvalue weighted by atomic mass is 10.1. The summed E-state index contributed by atoms with van der Waals surface area (Å²) in [7, 11) is 4.25.